The number of benzene rings is 1. The molecule has 0 amide bonds. The van der Waals surface area contributed by atoms with Crippen LogP contribution in [0.2, 0.25) is 0 Å². The van der Waals surface area contributed by atoms with E-state index in [2.05, 4.69) is 29.4 Å². The molecule has 0 aliphatic rings. The molecule has 1 heterocycles. The van der Waals surface area contributed by atoms with Crippen molar-refractivity contribution >= 4 is 11.3 Å². The summed E-state index contributed by atoms with van der Waals surface area (Å²) in [6.45, 7) is 1.72. The van der Waals surface area contributed by atoms with E-state index in [1.165, 1.54) is 4.88 Å². The Morgan fingerprint density at radius 2 is 2.05 bits per heavy atom. The van der Waals surface area contributed by atoms with Crippen molar-refractivity contribution in [3.8, 4) is 11.8 Å². The summed E-state index contributed by atoms with van der Waals surface area (Å²) in [5, 5.41) is 2.09. The van der Waals surface area contributed by atoms with Crippen molar-refractivity contribution in [3.05, 3.63) is 57.8 Å². The zero-order chi connectivity index (χ0) is 13.3. The first kappa shape index (κ1) is 13.8. The molecule has 2 N–H and O–H groups in total. The van der Waals surface area contributed by atoms with Crippen LogP contribution in [0.4, 0.5) is 0 Å². The van der Waals surface area contributed by atoms with Gasteiger partial charge in [0, 0.05) is 16.9 Å². The lowest BCUT2D eigenvalue weighted by Crippen LogP contribution is -2.00. The van der Waals surface area contributed by atoms with E-state index in [4.69, 9.17) is 10.5 Å². The minimum absolute atomic E-state index is 0.383. The van der Waals surface area contributed by atoms with E-state index in [-0.39, 0.29) is 0 Å². The Balaban J connectivity index is 1.85. The SMILES string of the molecule is NCC#Cc1ccccc1COCCc1cccs1. The molecule has 0 fully saturated rings. The molecule has 0 saturated heterocycles. The second kappa shape index (κ2) is 7.75. The molecule has 2 nitrogen and oxygen atoms in total. The van der Waals surface area contributed by atoms with Gasteiger partial charge in [-0.25, -0.2) is 0 Å². The number of rotatable bonds is 5. The van der Waals surface area contributed by atoms with Gasteiger partial charge in [-0.05, 0) is 23.1 Å². The van der Waals surface area contributed by atoms with Crippen LogP contribution in [-0.4, -0.2) is 13.2 Å². The number of hydrogen-bond acceptors (Lipinski definition) is 3. The summed E-state index contributed by atoms with van der Waals surface area (Å²) in [5.74, 6) is 5.96. The summed E-state index contributed by atoms with van der Waals surface area (Å²) in [6.07, 6.45) is 0.967. The Bertz CT molecular complexity index is 552. The van der Waals surface area contributed by atoms with Crippen molar-refractivity contribution in [3.63, 3.8) is 0 Å². The molecule has 2 aromatic rings. The zero-order valence-corrected chi connectivity index (χ0v) is 11.6. The quantitative estimate of drug-likeness (QED) is 0.670. The van der Waals surface area contributed by atoms with E-state index >= 15 is 0 Å². The Hall–Kier alpha value is -1.60. The van der Waals surface area contributed by atoms with Crippen molar-refractivity contribution in [1.29, 1.82) is 0 Å². The van der Waals surface area contributed by atoms with E-state index in [1.807, 2.05) is 24.3 Å². The van der Waals surface area contributed by atoms with Crippen LogP contribution in [0.15, 0.2) is 41.8 Å². The summed E-state index contributed by atoms with van der Waals surface area (Å²) in [6, 6.07) is 12.2. The van der Waals surface area contributed by atoms with Gasteiger partial charge in [-0.1, -0.05) is 36.1 Å². The highest BCUT2D eigenvalue weighted by Crippen LogP contribution is 2.11. The van der Waals surface area contributed by atoms with Gasteiger partial charge in [-0.3, -0.25) is 0 Å². The van der Waals surface area contributed by atoms with Crippen LogP contribution in [0.5, 0.6) is 0 Å². The predicted molar refractivity (Wildman–Crippen MR) is 80.1 cm³/mol. The van der Waals surface area contributed by atoms with E-state index in [0.717, 1.165) is 24.2 Å². The average Bonchev–Trinajstić information content (AvgIpc) is 2.95. The van der Waals surface area contributed by atoms with Gasteiger partial charge in [0.25, 0.3) is 0 Å². The van der Waals surface area contributed by atoms with Gasteiger partial charge < -0.3 is 10.5 Å². The Morgan fingerprint density at radius 1 is 1.16 bits per heavy atom. The first-order valence-electron chi connectivity index (χ1n) is 6.27. The summed E-state index contributed by atoms with van der Waals surface area (Å²) < 4.78 is 5.72. The minimum atomic E-state index is 0.383. The van der Waals surface area contributed by atoms with Gasteiger partial charge in [0.2, 0.25) is 0 Å². The normalized spacial score (nSPS) is 9.95. The molecule has 3 heteroatoms. The van der Waals surface area contributed by atoms with Gasteiger partial charge >= 0.3 is 0 Å². The van der Waals surface area contributed by atoms with E-state index < -0.39 is 0 Å². The smallest absolute Gasteiger partial charge is 0.0729 e. The molecule has 98 valence electrons. The number of ether oxygens (including phenoxy) is 1. The van der Waals surface area contributed by atoms with E-state index in [0.29, 0.717) is 13.2 Å². The van der Waals surface area contributed by atoms with Crippen molar-refractivity contribution in [2.75, 3.05) is 13.2 Å². The molecule has 0 bridgehead atoms. The highest BCUT2D eigenvalue weighted by atomic mass is 32.1. The third kappa shape index (κ3) is 4.53. The molecule has 0 saturated carbocycles. The fourth-order valence-electron chi connectivity index (χ4n) is 1.72. The molecular formula is C16H17NOS. The zero-order valence-electron chi connectivity index (χ0n) is 10.8. The third-order valence-corrected chi connectivity index (χ3v) is 3.61. The van der Waals surface area contributed by atoms with Crippen molar-refractivity contribution in [2.45, 2.75) is 13.0 Å². The molecule has 0 radical (unpaired) electrons. The van der Waals surface area contributed by atoms with Crippen molar-refractivity contribution < 1.29 is 4.74 Å². The third-order valence-electron chi connectivity index (χ3n) is 2.67. The fourth-order valence-corrected chi connectivity index (χ4v) is 2.41. The summed E-state index contributed by atoms with van der Waals surface area (Å²) in [7, 11) is 0. The topological polar surface area (TPSA) is 35.2 Å². The molecular weight excluding hydrogens is 254 g/mol. The molecule has 19 heavy (non-hydrogen) atoms. The highest BCUT2D eigenvalue weighted by molar-refractivity contribution is 7.09. The Kier molecular flexibility index (Phi) is 5.64. The molecule has 0 atom stereocenters. The highest BCUT2D eigenvalue weighted by Gasteiger charge is 2.00. The first-order chi connectivity index (χ1) is 9.40. The van der Waals surface area contributed by atoms with Gasteiger partial charge in [-0.15, -0.1) is 11.3 Å². The van der Waals surface area contributed by atoms with Gasteiger partial charge in [-0.2, -0.15) is 0 Å². The molecule has 0 aliphatic heterocycles. The minimum Gasteiger partial charge on any atom is -0.376 e. The molecule has 1 aromatic carbocycles. The number of nitrogens with two attached hydrogens (primary N) is 1. The van der Waals surface area contributed by atoms with Crippen molar-refractivity contribution in [2.24, 2.45) is 5.73 Å². The lowest BCUT2D eigenvalue weighted by Gasteiger charge is -2.05. The lowest BCUT2D eigenvalue weighted by atomic mass is 10.1. The summed E-state index contributed by atoms with van der Waals surface area (Å²) >= 11 is 1.77. The maximum atomic E-state index is 5.72. The van der Waals surface area contributed by atoms with Crippen LogP contribution in [0.25, 0.3) is 0 Å². The average molecular weight is 271 g/mol. The molecule has 0 spiro atoms. The van der Waals surface area contributed by atoms with Gasteiger partial charge in [0.15, 0.2) is 0 Å². The molecule has 0 unspecified atom stereocenters. The van der Waals surface area contributed by atoms with Gasteiger partial charge in [0.05, 0.1) is 19.8 Å². The molecule has 2 rings (SSSR count). The van der Waals surface area contributed by atoms with Crippen LogP contribution < -0.4 is 5.73 Å². The van der Waals surface area contributed by atoms with E-state index in [9.17, 15) is 0 Å². The Morgan fingerprint density at radius 3 is 2.84 bits per heavy atom. The summed E-state index contributed by atoms with van der Waals surface area (Å²) in [5.41, 5.74) is 7.52. The maximum absolute atomic E-state index is 5.72. The fraction of sp³-hybridized carbons (Fsp3) is 0.250. The largest absolute Gasteiger partial charge is 0.376 e. The lowest BCUT2D eigenvalue weighted by molar-refractivity contribution is 0.124. The molecule has 0 aliphatic carbocycles. The number of hydrogen-bond donors (Lipinski definition) is 1. The maximum Gasteiger partial charge on any atom is 0.0729 e. The van der Waals surface area contributed by atoms with Crippen LogP contribution in [0.3, 0.4) is 0 Å². The van der Waals surface area contributed by atoms with Crippen LogP contribution in [-0.2, 0) is 17.8 Å². The standard InChI is InChI=1S/C16H17NOS/c17-10-3-7-14-5-1-2-6-15(14)13-18-11-9-16-8-4-12-19-16/h1-2,4-6,8,12H,9-11,13,17H2. The monoisotopic (exact) mass is 271 g/mol. The van der Waals surface area contributed by atoms with Crippen molar-refractivity contribution in [1.82, 2.24) is 0 Å². The Labute approximate surface area is 118 Å². The van der Waals surface area contributed by atoms with Crippen LogP contribution >= 0.6 is 11.3 Å². The van der Waals surface area contributed by atoms with Gasteiger partial charge in [0.1, 0.15) is 0 Å². The second-order valence-corrected chi connectivity index (χ2v) is 5.08. The summed E-state index contributed by atoms with van der Waals surface area (Å²) in [4.78, 5) is 1.36. The predicted octanol–water partition coefficient (Wildman–Crippen LogP) is 2.82. The second-order valence-electron chi connectivity index (χ2n) is 4.04. The van der Waals surface area contributed by atoms with Crippen LogP contribution in [0, 0.1) is 11.8 Å². The van der Waals surface area contributed by atoms with Crippen LogP contribution in [0.1, 0.15) is 16.0 Å². The molecule has 1 aromatic heterocycles. The number of thiophene rings is 1. The van der Waals surface area contributed by atoms with E-state index in [1.54, 1.807) is 11.3 Å². The first-order valence-corrected chi connectivity index (χ1v) is 7.15.